The first kappa shape index (κ1) is 15.4. The van der Waals surface area contributed by atoms with Gasteiger partial charge in [-0.25, -0.2) is 4.98 Å². The third-order valence-corrected chi connectivity index (χ3v) is 4.51. The van der Waals surface area contributed by atoms with E-state index in [0.29, 0.717) is 17.5 Å². The molecule has 1 aromatic rings. The minimum absolute atomic E-state index is 0.0220. The highest BCUT2D eigenvalue weighted by molar-refractivity contribution is 7.11. The maximum Gasteiger partial charge on any atom is 0.263 e. The van der Waals surface area contributed by atoms with Crippen molar-refractivity contribution >= 4 is 17.2 Å². The van der Waals surface area contributed by atoms with Gasteiger partial charge in [0.25, 0.3) is 5.91 Å². The summed E-state index contributed by atoms with van der Waals surface area (Å²) in [5, 5.41) is 3.00. The molecule has 2 heterocycles. The van der Waals surface area contributed by atoms with Gasteiger partial charge in [0.15, 0.2) is 0 Å². The second-order valence-electron chi connectivity index (χ2n) is 5.54. The molecule has 5 nitrogen and oxygen atoms in total. The quantitative estimate of drug-likeness (QED) is 0.918. The van der Waals surface area contributed by atoms with Gasteiger partial charge in [-0.2, -0.15) is 0 Å². The summed E-state index contributed by atoms with van der Waals surface area (Å²) in [6.07, 6.45) is 0.501. The third kappa shape index (κ3) is 3.77. The number of hydrogen-bond acceptors (Lipinski definition) is 5. The molecule has 1 N–H and O–H groups in total. The van der Waals surface area contributed by atoms with Gasteiger partial charge in [0.05, 0.1) is 23.4 Å². The van der Waals surface area contributed by atoms with Gasteiger partial charge >= 0.3 is 0 Å². The number of nitrogens with zero attached hydrogens (tertiary/aromatic N) is 2. The van der Waals surface area contributed by atoms with Crippen molar-refractivity contribution in [1.29, 1.82) is 0 Å². The van der Waals surface area contributed by atoms with Crippen molar-refractivity contribution in [3.05, 3.63) is 16.1 Å². The zero-order valence-corrected chi connectivity index (χ0v) is 13.4. The second kappa shape index (κ2) is 6.65. The maximum absolute atomic E-state index is 12.1. The molecule has 0 aliphatic carbocycles. The minimum atomic E-state index is -0.0220. The van der Waals surface area contributed by atoms with Crippen LogP contribution in [-0.2, 0) is 4.74 Å². The molecule has 2 rings (SSSR count). The van der Waals surface area contributed by atoms with E-state index < -0.39 is 0 Å². The van der Waals surface area contributed by atoms with E-state index in [4.69, 9.17) is 4.74 Å². The summed E-state index contributed by atoms with van der Waals surface area (Å²) in [5.41, 5.74) is 2.51. The molecule has 0 bridgehead atoms. The number of aromatic nitrogens is 1. The average molecular weight is 297 g/mol. The fourth-order valence-corrected chi connectivity index (χ4v) is 3.27. The molecule has 1 aromatic heterocycles. The van der Waals surface area contributed by atoms with Crippen LogP contribution < -0.4 is 5.32 Å². The highest BCUT2D eigenvalue weighted by Gasteiger charge is 2.26. The summed E-state index contributed by atoms with van der Waals surface area (Å²) in [7, 11) is 0. The molecule has 1 amide bonds. The van der Waals surface area contributed by atoms with Crippen LogP contribution in [0.3, 0.4) is 0 Å². The summed E-state index contributed by atoms with van der Waals surface area (Å²) in [6.45, 7) is 10.7. The zero-order chi connectivity index (χ0) is 14.7. The monoisotopic (exact) mass is 297 g/mol. The van der Waals surface area contributed by atoms with E-state index in [1.807, 2.05) is 6.92 Å². The number of amides is 1. The number of carbonyl (C=O) groups is 1. The highest BCUT2D eigenvalue weighted by Crippen LogP contribution is 2.14. The lowest BCUT2D eigenvalue weighted by molar-refractivity contribution is -0.0778. The van der Waals surface area contributed by atoms with Crippen molar-refractivity contribution in [3.8, 4) is 0 Å². The molecule has 0 aromatic carbocycles. The number of morpholine rings is 1. The van der Waals surface area contributed by atoms with Crippen molar-refractivity contribution in [2.24, 2.45) is 0 Å². The van der Waals surface area contributed by atoms with Gasteiger partial charge in [-0.1, -0.05) is 0 Å². The zero-order valence-electron chi connectivity index (χ0n) is 12.5. The molecule has 20 heavy (non-hydrogen) atoms. The van der Waals surface area contributed by atoms with Gasteiger partial charge < -0.3 is 10.1 Å². The van der Waals surface area contributed by atoms with E-state index in [-0.39, 0.29) is 18.1 Å². The van der Waals surface area contributed by atoms with E-state index in [2.05, 4.69) is 36.0 Å². The Morgan fingerprint density at radius 3 is 2.75 bits per heavy atom. The van der Waals surface area contributed by atoms with Gasteiger partial charge in [-0.15, -0.1) is 11.3 Å². The summed E-state index contributed by atoms with van der Waals surface area (Å²) >= 11 is 1.39. The molecule has 112 valence electrons. The molecule has 1 aliphatic heterocycles. The number of nitrogens with one attached hydrogen (secondary N) is 1. The Balaban J connectivity index is 1.84. The molecular weight excluding hydrogens is 274 g/mol. The van der Waals surface area contributed by atoms with E-state index >= 15 is 0 Å². The first-order chi connectivity index (χ1) is 9.47. The Morgan fingerprint density at radius 1 is 1.55 bits per heavy atom. The molecule has 0 radical (unpaired) electrons. The van der Waals surface area contributed by atoms with Crippen LogP contribution in [0, 0.1) is 6.92 Å². The maximum atomic E-state index is 12.1. The summed E-state index contributed by atoms with van der Waals surface area (Å²) in [6, 6.07) is 0.306. The van der Waals surface area contributed by atoms with Crippen molar-refractivity contribution in [2.45, 2.75) is 45.9 Å². The molecule has 6 heteroatoms. The van der Waals surface area contributed by atoms with Crippen LogP contribution >= 0.6 is 11.3 Å². The van der Waals surface area contributed by atoms with Crippen molar-refractivity contribution < 1.29 is 9.53 Å². The van der Waals surface area contributed by atoms with Gasteiger partial charge in [0.1, 0.15) is 4.88 Å². The van der Waals surface area contributed by atoms with Crippen LogP contribution in [-0.4, -0.2) is 53.7 Å². The molecule has 1 aliphatic rings. The average Bonchev–Trinajstić information content (AvgIpc) is 2.80. The van der Waals surface area contributed by atoms with Crippen LogP contribution in [0.25, 0.3) is 0 Å². The Hall–Kier alpha value is -0.980. The molecule has 3 atom stereocenters. The van der Waals surface area contributed by atoms with Crippen molar-refractivity contribution in [3.63, 3.8) is 0 Å². The first-order valence-electron chi connectivity index (χ1n) is 7.05. The number of ether oxygens (including phenoxy) is 1. The highest BCUT2D eigenvalue weighted by atomic mass is 32.1. The van der Waals surface area contributed by atoms with E-state index in [1.165, 1.54) is 11.3 Å². The third-order valence-electron chi connectivity index (χ3n) is 3.58. The van der Waals surface area contributed by atoms with Crippen LogP contribution in [0.1, 0.15) is 36.1 Å². The predicted molar refractivity (Wildman–Crippen MR) is 80.2 cm³/mol. The first-order valence-corrected chi connectivity index (χ1v) is 7.93. The Labute approximate surface area is 124 Å². The fourth-order valence-electron chi connectivity index (χ4n) is 2.55. The van der Waals surface area contributed by atoms with Crippen LogP contribution in [0.4, 0.5) is 0 Å². The van der Waals surface area contributed by atoms with Crippen LogP contribution in [0.15, 0.2) is 5.51 Å². The fraction of sp³-hybridized carbons (Fsp3) is 0.714. The molecule has 1 saturated heterocycles. The van der Waals surface area contributed by atoms with E-state index in [0.717, 1.165) is 18.8 Å². The van der Waals surface area contributed by atoms with E-state index in [1.54, 1.807) is 5.51 Å². The number of rotatable bonds is 4. The molecular formula is C14H23N3O2S. The lowest BCUT2D eigenvalue weighted by Crippen LogP contribution is -2.52. The van der Waals surface area contributed by atoms with Gasteiger partial charge in [-0.05, 0) is 27.7 Å². The van der Waals surface area contributed by atoms with Crippen molar-refractivity contribution in [2.75, 3.05) is 19.6 Å². The van der Waals surface area contributed by atoms with E-state index in [9.17, 15) is 4.79 Å². The number of aryl methyl sites for hydroxylation is 1. The van der Waals surface area contributed by atoms with Gasteiger partial charge in [0, 0.05) is 25.7 Å². The second-order valence-corrected chi connectivity index (χ2v) is 6.39. The standard InChI is InChI=1S/C14H23N3O2S/c1-9(17-6-10(2)19-11(3)7-17)5-15-14(18)13-12(4)16-8-20-13/h8-11H,5-7H2,1-4H3,(H,15,18)/t9-,10-,11+/m0/s1. The number of carbonyl (C=O) groups excluding carboxylic acids is 1. The smallest absolute Gasteiger partial charge is 0.263 e. The van der Waals surface area contributed by atoms with Crippen LogP contribution in [0.2, 0.25) is 0 Å². The lowest BCUT2D eigenvalue weighted by atomic mass is 10.1. The minimum Gasteiger partial charge on any atom is -0.373 e. The van der Waals surface area contributed by atoms with Crippen molar-refractivity contribution in [1.82, 2.24) is 15.2 Å². The topological polar surface area (TPSA) is 54.5 Å². The van der Waals surface area contributed by atoms with Gasteiger partial charge in [-0.3, -0.25) is 9.69 Å². The summed E-state index contributed by atoms with van der Waals surface area (Å²) in [5.74, 6) is -0.0220. The Morgan fingerprint density at radius 2 is 2.20 bits per heavy atom. The molecule has 0 saturated carbocycles. The molecule has 0 unspecified atom stereocenters. The van der Waals surface area contributed by atoms with Gasteiger partial charge in [0.2, 0.25) is 0 Å². The molecule has 1 fully saturated rings. The largest absolute Gasteiger partial charge is 0.373 e. The summed E-state index contributed by atoms with van der Waals surface area (Å²) < 4.78 is 5.73. The lowest BCUT2D eigenvalue weighted by Gasteiger charge is -2.38. The Kier molecular flexibility index (Phi) is 5.12. The summed E-state index contributed by atoms with van der Waals surface area (Å²) in [4.78, 5) is 19.2. The SMILES string of the molecule is Cc1ncsc1C(=O)NC[C@H](C)N1C[C@@H](C)O[C@@H](C)C1. The normalized spacial score (nSPS) is 25.4. The Bertz CT molecular complexity index is 453. The molecule has 0 spiro atoms. The predicted octanol–water partition coefficient (Wildman–Crippen LogP) is 1.68. The van der Waals surface area contributed by atoms with Crippen LogP contribution in [0.5, 0.6) is 0 Å². The number of thiazole rings is 1. The number of hydrogen-bond donors (Lipinski definition) is 1.